The van der Waals surface area contributed by atoms with Gasteiger partial charge in [-0.25, -0.2) is 0 Å². The molecule has 4 radical (unpaired) electrons. The summed E-state index contributed by atoms with van der Waals surface area (Å²) in [4.78, 5) is 0. The van der Waals surface area contributed by atoms with Gasteiger partial charge in [0, 0.05) is 41.1 Å². The predicted octanol–water partition coefficient (Wildman–Crippen LogP) is 3.43. The molecule has 1 aliphatic rings. The summed E-state index contributed by atoms with van der Waals surface area (Å²) in [6.45, 7) is 4.00. The fraction of sp³-hybridized carbons (Fsp3) is 0.889. The molecule has 0 saturated heterocycles. The van der Waals surface area contributed by atoms with Crippen molar-refractivity contribution >= 4 is 8.41 Å². The van der Waals surface area contributed by atoms with Crippen LogP contribution in [0.1, 0.15) is 52.4 Å². The molecule has 2 heteroatoms. The maximum atomic E-state index is 2.00. The summed E-state index contributed by atoms with van der Waals surface area (Å²) in [7, 11) is 0. The van der Waals surface area contributed by atoms with Gasteiger partial charge in [0.2, 0.25) is 0 Å². The average Bonchev–Trinajstić information content (AvgIpc) is 1.96. The van der Waals surface area contributed by atoms with E-state index in [4.69, 9.17) is 0 Å². The minimum absolute atomic E-state index is 0. The molecule has 0 aliphatic heterocycles. The van der Waals surface area contributed by atoms with E-state index in [1.54, 1.807) is 0 Å². The largest absolute Gasteiger partial charge is 0.358 e. The van der Waals surface area contributed by atoms with Gasteiger partial charge >= 0.3 is 0 Å². The van der Waals surface area contributed by atoms with E-state index in [9.17, 15) is 0 Å². The second kappa shape index (κ2) is 22.5. The Hall–Kier alpha value is 1.17. The summed E-state index contributed by atoms with van der Waals surface area (Å²) in [6.07, 6.45) is 9.00. The minimum Gasteiger partial charge on any atom is -0.358 e. The molecule has 1 aliphatic carbocycles. The Bertz CT molecular complexity index is 25.0. The van der Waals surface area contributed by atoms with Gasteiger partial charge in [0.05, 0.1) is 0 Å². The van der Waals surface area contributed by atoms with E-state index in [2.05, 4.69) is 0 Å². The zero-order valence-electron chi connectivity index (χ0n) is 8.40. The summed E-state index contributed by atoms with van der Waals surface area (Å²) in [6, 6.07) is 0. The number of rotatable bonds is 0. The predicted molar refractivity (Wildman–Crippen MR) is 51.2 cm³/mol. The Balaban J connectivity index is -0.0000000459. The molecule has 0 spiro atoms. The van der Waals surface area contributed by atoms with Crippen molar-refractivity contribution in [3.63, 3.8) is 0 Å². The van der Waals surface area contributed by atoms with Gasteiger partial charge in [-0.05, 0) is 0 Å². The topological polar surface area (TPSA) is 0 Å². The van der Waals surface area contributed by atoms with Gasteiger partial charge < -0.3 is 7.43 Å². The first-order valence-electron chi connectivity index (χ1n) is 4.00. The Morgan fingerprint density at radius 3 is 0.818 bits per heavy atom. The molecule has 0 nitrogen and oxygen atoms in total. The molecule has 0 heterocycles. The first-order chi connectivity index (χ1) is 4.00. The molecule has 64 valence electrons. The molecule has 1 rings (SSSR count). The average molecular weight is 229 g/mol. The first-order valence-corrected chi connectivity index (χ1v) is 4.00. The van der Waals surface area contributed by atoms with Crippen LogP contribution < -0.4 is 0 Å². The van der Waals surface area contributed by atoms with E-state index in [0.29, 0.717) is 0 Å². The molecule has 1 fully saturated rings. The summed E-state index contributed by atoms with van der Waals surface area (Å²) in [5, 5.41) is 0. The minimum atomic E-state index is 0. The molecular weight excluding hydrogens is 208 g/mol. The molecule has 0 bridgehead atoms. The normalized spacial score (nSPS) is 13.6. The van der Waals surface area contributed by atoms with E-state index in [0.717, 1.165) is 0 Å². The fourth-order valence-electron chi connectivity index (χ4n) is 1.06. The Morgan fingerprint density at radius 2 is 0.727 bits per heavy atom. The molecule has 0 atom stereocenters. The van der Waals surface area contributed by atoms with Crippen molar-refractivity contribution in [1.29, 1.82) is 0 Å². The van der Waals surface area contributed by atoms with Gasteiger partial charge in [-0.3, -0.25) is 0 Å². The van der Waals surface area contributed by atoms with Crippen molar-refractivity contribution in [3.05, 3.63) is 7.43 Å². The zero-order valence-corrected chi connectivity index (χ0v) is 11.2. The standard InChI is InChI=1S/C6H12.C2H6.CH3.B.Y/c1-2-4-6-5-3-1;1-2;;;/h1-6H2;1-2H3;1H3;;/q;;-1;;. The van der Waals surface area contributed by atoms with E-state index in [1.165, 1.54) is 38.5 Å². The Kier molecular flexibility index (Phi) is 46.5. The fourth-order valence-corrected chi connectivity index (χ4v) is 1.06. The van der Waals surface area contributed by atoms with Crippen LogP contribution in [0.25, 0.3) is 0 Å². The van der Waals surface area contributed by atoms with Crippen LogP contribution in [-0.4, -0.2) is 8.41 Å². The molecule has 0 aromatic heterocycles. The van der Waals surface area contributed by atoms with Crippen LogP contribution in [-0.2, 0) is 32.7 Å². The van der Waals surface area contributed by atoms with Crippen LogP contribution >= 0.6 is 0 Å². The van der Waals surface area contributed by atoms with Gasteiger partial charge in [0.15, 0.2) is 0 Å². The van der Waals surface area contributed by atoms with Crippen LogP contribution in [0.2, 0.25) is 0 Å². The van der Waals surface area contributed by atoms with Crippen molar-refractivity contribution < 1.29 is 32.7 Å². The second-order valence-corrected chi connectivity index (χ2v) is 2.12. The Morgan fingerprint density at radius 1 is 0.636 bits per heavy atom. The molecule has 0 aromatic carbocycles. The van der Waals surface area contributed by atoms with E-state index < -0.39 is 0 Å². The zero-order chi connectivity index (χ0) is 6.24. The van der Waals surface area contributed by atoms with Gasteiger partial charge in [0.1, 0.15) is 0 Å². The summed E-state index contributed by atoms with van der Waals surface area (Å²) < 4.78 is 0. The van der Waals surface area contributed by atoms with E-state index >= 15 is 0 Å². The van der Waals surface area contributed by atoms with E-state index in [-0.39, 0.29) is 48.5 Å². The maximum absolute atomic E-state index is 2.00. The van der Waals surface area contributed by atoms with Gasteiger partial charge in [-0.1, -0.05) is 52.4 Å². The molecule has 1 saturated carbocycles. The van der Waals surface area contributed by atoms with Crippen LogP contribution in [0.4, 0.5) is 0 Å². The third-order valence-corrected chi connectivity index (χ3v) is 1.50. The molecular formula is C9H21BY-. The third kappa shape index (κ3) is 18.3. The van der Waals surface area contributed by atoms with Gasteiger partial charge in [0.25, 0.3) is 0 Å². The van der Waals surface area contributed by atoms with Crippen LogP contribution in [0.3, 0.4) is 0 Å². The van der Waals surface area contributed by atoms with Gasteiger partial charge in [-0.2, -0.15) is 0 Å². The van der Waals surface area contributed by atoms with Crippen LogP contribution in [0.15, 0.2) is 0 Å². The monoisotopic (exact) mass is 229 g/mol. The summed E-state index contributed by atoms with van der Waals surface area (Å²) in [5.74, 6) is 0. The number of hydrogen-bond donors (Lipinski definition) is 0. The van der Waals surface area contributed by atoms with Crippen molar-refractivity contribution in [1.82, 2.24) is 0 Å². The van der Waals surface area contributed by atoms with Crippen molar-refractivity contribution in [2.24, 2.45) is 0 Å². The SMILES string of the molecule is C1CCCCC1.CC.[B].[CH3-].[Y]. The molecule has 0 aromatic rings. The van der Waals surface area contributed by atoms with Crippen molar-refractivity contribution in [3.8, 4) is 0 Å². The molecule has 0 N–H and O–H groups in total. The second-order valence-electron chi connectivity index (χ2n) is 2.12. The third-order valence-electron chi connectivity index (χ3n) is 1.50. The molecule has 0 unspecified atom stereocenters. The van der Waals surface area contributed by atoms with Crippen LogP contribution in [0.5, 0.6) is 0 Å². The molecule has 0 amide bonds. The van der Waals surface area contributed by atoms with Crippen molar-refractivity contribution in [2.75, 3.05) is 0 Å². The first kappa shape index (κ1) is 22.7. The van der Waals surface area contributed by atoms with Crippen molar-refractivity contribution in [2.45, 2.75) is 52.4 Å². The van der Waals surface area contributed by atoms with Crippen LogP contribution in [0, 0.1) is 7.43 Å². The maximum Gasteiger partial charge on any atom is 0 e. The molecule has 11 heavy (non-hydrogen) atoms. The van der Waals surface area contributed by atoms with E-state index in [1.807, 2.05) is 13.8 Å². The number of hydrogen-bond acceptors (Lipinski definition) is 0. The quantitative estimate of drug-likeness (QED) is 0.440. The summed E-state index contributed by atoms with van der Waals surface area (Å²) >= 11 is 0. The Labute approximate surface area is 100 Å². The summed E-state index contributed by atoms with van der Waals surface area (Å²) in [5.41, 5.74) is 0. The smallest absolute Gasteiger partial charge is 0 e. The van der Waals surface area contributed by atoms with Gasteiger partial charge in [-0.15, -0.1) is 0 Å².